The van der Waals surface area contributed by atoms with Gasteiger partial charge in [0, 0.05) is 11.1 Å². The summed E-state index contributed by atoms with van der Waals surface area (Å²) in [5.41, 5.74) is 1.24. The monoisotopic (exact) mass is 358 g/mol. The number of amides is 1. The Morgan fingerprint density at radius 2 is 1.88 bits per heavy atom. The molecule has 0 aliphatic rings. The van der Waals surface area contributed by atoms with Crippen molar-refractivity contribution in [3.05, 3.63) is 59.6 Å². The second-order valence-electron chi connectivity index (χ2n) is 5.01. The fourth-order valence-corrected chi connectivity index (χ4v) is 2.29. The molecule has 0 radical (unpaired) electrons. The highest BCUT2D eigenvalue weighted by atomic mass is 35.5. The number of rotatable bonds is 5. The van der Waals surface area contributed by atoms with E-state index >= 15 is 0 Å². The van der Waals surface area contributed by atoms with Crippen molar-refractivity contribution in [1.29, 1.82) is 0 Å². The van der Waals surface area contributed by atoms with E-state index in [2.05, 4.69) is 15.4 Å². The first-order valence-electron chi connectivity index (χ1n) is 7.31. The molecule has 0 aliphatic heterocycles. The number of benzene rings is 2. The standard InChI is InChI=1S/C17H15ClN4O3/c1-24-13-7-8-14(15(9-13)25-2)20-17(23)16-19-10-22(21-16)12-5-3-11(18)4-6-12/h3-10H,1-2H3,(H,20,23). The van der Waals surface area contributed by atoms with Crippen molar-refractivity contribution in [1.82, 2.24) is 14.8 Å². The second-order valence-corrected chi connectivity index (χ2v) is 5.45. The summed E-state index contributed by atoms with van der Waals surface area (Å²) in [6.07, 6.45) is 1.46. The Hall–Kier alpha value is -3.06. The van der Waals surface area contributed by atoms with Gasteiger partial charge >= 0.3 is 0 Å². The molecule has 3 aromatic rings. The quantitative estimate of drug-likeness (QED) is 0.757. The minimum Gasteiger partial charge on any atom is -0.497 e. The number of methoxy groups -OCH3 is 2. The summed E-state index contributed by atoms with van der Waals surface area (Å²) in [5, 5.41) is 7.52. The molecule has 0 aliphatic carbocycles. The van der Waals surface area contributed by atoms with Gasteiger partial charge in [-0.05, 0) is 36.4 Å². The molecule has 0 spiro atoms. The normalized spacial score (nSPS) is 10.4. The lowest BCUT2D eigenvalue weighted by Crippen LogP contribution is -2.15. The smallest absolute Gasteiger partial charge is 0.295 e. The average Bonchev–Trinajstić information content (AvgIpc) is 3.13. The molecule has 0 unspecified atom stereocenters. The second kappa shape index (κ2) is 7.23. The van der Waals surface area contributed by atoms with Crippen LogP contribution in [-0.4, -0.2) is 34.9 Å². The van der Waals surface area contributed by atoms with E-state index in [0.717, 1.165) is 5.69 Å². The van der Waals surface area contributed by atoms with Crippen molar-refractivity contribution in [2.45, 2.75) is 0 Å². The molecular weight excluding hydrogens is 344 g/mol. The zero-order valence-electron chi connectivity index (χ0n) is 13.6. The maximum absolute atomic E-state index is 12.4. The van der Waals surface area contributed by atoms with Gasteiger partial charge in [0.1, 0.15) is 17.8 Å². The van der Waals surface area contributed by atoms with Gasteiger partial charge in [0.05, 0.1) is 25.6 Å². The lowest BCUT2D eigenvalue weighted by Gasteiger charge is -2.10. The van der Waals surface area contributed by atoms with E-state index < -0.39 is 5.91 Å². The van der Waals surface area contributed by atoms with Crippen LogP contribution in [0, 0.1) is 0 Å². The summed E-state index contributed by atoms with van der Waals surface area (Å²) >= 11 is 5.87. The molecule has 2 aromatic carbocycles. The van der Waals surface area contributed by atoms with E-state index in [4.69, 9.17) is 21.1 Å². The molecule has 0 atom stereocenters. The minimum absolute atomic E-state index is 0.0350. The lowest BCUT2D eigenvalue weighted by molar-refractivity contribution is 0.101. The molecule has 3 rings (SSSR count). The Morgan fingerprint density at radius 3 is 2.56 bits per heavy atom. The summed E-state index contributed by atoms with van der Waals surface area (Å²) < 4.78 is 11.9. The highest BCUT2D eigenvalue weighted by Gasteiger charge is 2.15. The molecule has 25 heavy (non-hydrogen) atoms. The van der Waals surface area contributed by atoms with E-state index in [1.165, 1.54) is 18.1 Å². The minimum atomic E-state index is -0.448. The molecule has 1 heterocycles. The van der Waals surface area contributed by atoms with Crippen LogP contribution in [0.5, 0.6) is 11.5 Å². The van der Waals surface area contributed by atoms with Gasteiger partial charge in [0.2, 0.25) is 5.82 Å². The lowest BCUT2D eigenvalue weighted by atomic mass is 10.2. The number of anilines is 1. The largest absolute Gasteiger partial charge is 0.497 e. The van der Waals surface area contributed by atoms with Crippen molar-refractivity contribution in [2.24, 2.45) is 0 Å². The fraction of sp³-hybridized carbons (Fsp3) is 0.118. The van der Waals surface area contributed by atoms with Crippen molar-refractivity contribution >= 4 is 23.2 Å². The van der Waals surface area contributed by atoms with Gasteiger partial charge in [-0.25, -0.2) is 9.67 Å². The van der Waals surface area contributed by atoms with Gasteiger partial charge in [0.15, 0.2) is 0 Å². The molecule has 7 nitrogen and oxygen atoms in total. The molecule has 8 heteroatoms. The Morgan fingerprint density at radius 1 is 1.12 bits per heavy atom. The molecule has 0 saturated carbocycles. The molecule has 0 bridgehead atoms. The topological polar surface area (TPSA) is 78.3 Å². The molecule has 128 valence electrons. The van der Waals surface area contributed by atoms with Crippen LogP contribution in [0.4, 0.5) is 5.69 Å². The number of nitrogens with one attached hydrogen (secondary N) is 1. The molecule has 1 aromatic heterocycles. The number of hydrogen-bond donors (Lipinski definition) is 1. The number of nitrogens with zero attached hydrogens (tertiary/aromatic N) is 3. The van der Waals surface area contributed by atoms with Gasteiger partial charge in [0.25, 0.3) is 5.91 Å². The summed E-state index contributed by atoms with van der Waals surface area (Å²) in [6, 6.07) is 12.1. The molecule has 1 amide bonds. The molecule has 0 saturated heterocycles. The van der Waals surface area contributed by atoms with E-state index in [-0.39, 0.29) is 5.82 Å². The maximum atomic E-state index is 12.4. The predicted molar refractivity (Wildman–Crippen MR) is 93.9 cm³/mol. The SMILES string of the molecule is COc1ccc(NC(=O)c2ncn(-c3ccc(Cl)cc3)n2)c(OC)c1. The number of ether oxygens (including phenoxy) is 2. The van der Waals surface area contributed by atoms with Crippen LogP contribution in [0.25, 0.3) is 5.69 Å². The molecular formula is C17H15ClN4O3. The number of carbonyl (C=O) groups excluding carboxylic acids is 1. The van der Waals surface area contributed by atoms with Crippen molar-refractivity contribution in [2.75, 3.05) is 19.5 Å². The first kappa shape index (κ1) is 16.8. The Balaban J connectivity index is 1.79. The van der Waals surface area contributed by atoms with E-state index in [1.807, 2.05) is 0 Å². The third-order valence-corrected chi connectivity index (χ3v) is 3.69. The van der Waals surface area contributed by atoms with Crippen LogP contribution in [0.15, 0.2) is 48.8 Å². The van der Waals surface area contributed by atoms with Crippen LogP contribution in [0.3, 0.4) is 0 Å². The first-order chi connectivity index (χ1) is 12.1. The summed E-state index contributed by atoms with van der Waals surface area (Å²) in [7, 11) is 3.07. The van der Waals surface area contributed by atoms with E-state index in [1.54, 1.807) is 49.6 Å². The Kier molecular flexibility index (Phi) is 4.85. The van der Waals surface area contributed by atoms with Crippen LogP contribution in [-0.2, 0) is 0 Å². The van der Waals surface area contributed by atoms with Gasteiger partial charge in [-0.15, -0.1) is 5.10 Å². The Labute approximate surface area is 149 Å². The van der Waals surface area contributed by atoms with Crippen LogP contribution in [0.1, 0.15) is 10.6 Å². The third kappa shape index (κ3) is 3.72. The zero-order valence-corrected chi connectivity index (χ0v) is 14.3. The highest BCUT2D eigenvalue weighted by molar-refractivity contribution is 6.30. The third-order valence-electron chi connectivity index (χ3n) is 3.44. The number of carbonyl (C=O) groups is 1. The van der Waals surface area contributed by atoms with Crippen LogP contribution in [0.2, 0.25) is 5.02 Å². The van der Waals surface area contributed by atoms with Gasteiger partial charge < -0.3 is 14.8 Å². The number of halogens is 1. The average molecular weight is 359 g/mol. The van der Waals surface area contributed by atoms with Gasteiger partial charge in [-0.2, -0.15) is 0 Å². The van der Waals surface area contributed by atoms with Crippen LogP contribution >= 0.6 is 11.6 Å². The van der Waals surface area contributed by atoms with Crippen molar-refractivity contribution < 1.29 is 14.3 Å². The molecule has 1 N–H and O–H groups in total. The summed E-state index contributed by atoms with van der Waals surface area (Å²) in [6.45, 7) is 0. The summed E-state index contributed by atoms with van der Waals surface area (Å²) in [5.74, 6) is 0.689. The number of aromatic nitrogens is 3. The Bertz CT molecular complexity index is 893. The van der Waals surface area contributed by atoms with Crippen LogP contribution < -0.4 is 14.8 Å². The van der Waals surface area contributed by atoms with Gasteiger partial charge in [-0.3, -0.25) is 4.79 Å². The first-order valence-corrected chi connectivity index (χ1v) is 7.69. The molecule has 0 fully saturated rings. The predicted octanol–water partition coefficient (Wildman–Crippen LogP) is 3.19. The van der Waals surface area contributed by atoms with Gasteiger partial charge in [-0.1, -0.05) is 11.6 Å². The van der Waals surface area contributed by atoms with Crippen molar-refractivity contribution in [3.63, 3.8) is 0 Å². The highest BCUT2D eigenvalue weighted by Crippen LogP contribution is 2.29. The zero-order chi connectivity index (χ0) is 17.8. The summed E-state index contributed by atoms with van der Waals surface area (Å²) in [4.78, 5) is 16.4. The van der Waals surface area contributed by atoms with E-state index in [9.17, 15) is 4.79 Å². The maximum Gasteiger partial charge on any atom is 0.295 e. The van der Waals surface area contributed by atoms with Crippen molar-refractivity contribution in [3.8, 4) is 17.2 Å². The van der Waals surface area contributed by atoms with E-state index in [0.29, 0.717) is 22.2 Å². The fourth-order valence-electron chi connectivity index (χ4n) is 2.17. The number of hydrogen-bond acceptors (Lipinski definition) is 5.